The Hall–Kier alpha value is -3.80. The number of nitrogens with zero attached hydrogens (tertiary/aromatic N) is 1. The summed E-state index contributed by atoms with van der Waals surface area (Å²) in [4.78, 5) is 27.1. The Morgan fingerprint density at radius 2 is 1.70 bits per heavy atom. The summed E-state index contributed by atoms with van der Waals surface area (Å²) >= 11 is 0. The van der Waals surface area contributed by atoms with Crippen molar-refractivity contribution in [1.82, 2.24) is 0 Å². The van der Waals surface area contributed by atoms with Gasteiger partial charge in [-0.3, -0.25) is 9.69 Å². The molecule has 0 spiro atoms. The minimum Gasteiger partial charge on any atom is -0.494 e. The Balaban J connectivity index is 1.64. The molecule has 6 heteroatoms. The average Bonchev–Trinajstić information content (AvgIpc) is 2.87. The highest BCUT2D eigenvalue weighted by atomic mass is 16.5. The van der Waals surface area contributed by atoms with Crippen LogP contribution in [0, 0.1) is 0 Å². The van der Waals surface area contributed by atoms with Crippen LogP contribution in [0.15, 0.2) is 72.8 Å². The summed E-state index contributed by atoms with van der Waals surface area (Å²) in [6, 6.07) is 22.2. The second-order valence-corrected chi connectivity index (χ2v) is 7.93. The van der Waals surface area contributed by atoms with E-state index in [1.165, 1.54) is 7.11 Å². The number of para-hydroxylation sites is 1. The lowest BCUT2D eigenvalue weighted by Gasteiger charge is -2.38. The van der Waals surface area contributed by atoms with E-state index in [1.807, 2.05) is 60.7 Å². The highest BCUT2D eigenvalue weighted by molar-refractivity contribution is 6.12. The van der Waals surface area contributed by atoms with Gasteiger partial charge in [0.15, 0.2) is 0 Å². The van der Waals surface area contributed by atoms with Crippen LogP contribution in [0.5, 0.6) is 5.75 Å². The number of hydrogen-bond acceptors (Lipinski definition) is 5. The van der Waals surface area contributed by atoms with Crippen molar-refractivity contribution in [3.8, 4) is 5.75 Å². The molecule has 4 rings (SSSR count). The highest BCUT2D eigenvalue weighted by Gasteiger charge is 2.34. The van der Waals surface area contributed by atoms with Crippen molar-refractivity contribution < 1.29 is 19.1 Å². The molecule has 6 nitrogen and oxygen atoms in total. The van der Waals surface area contributed by atoms with Crippen LogP contribution in [0.2, 0.25) is 0 Å². The highest BCUT2D eigenvalue weighted by Crippen LogP contribution is 2.37. The molecular weight excluding hydrogens is 416 g/mol. The molecule has 33 heavy (non-hydrogen) atoms. The van der Waals surface area contributed by atoms with E-state index in [9.17, 15) is 9.59 Å². The topological polar surface area (TPSA) is 67.9 Å². The minimum absolute atomic E-state index is 0.0944. The summed E-state index contributed by atoms with van der Waals surface area (Å²) in [6.45, 7) is 2.84. The quantitative estimate of drug-likeness (QED) is 0.351. The summed E-state index contributed by atoms with van der Waals surface area (Å²) in [6.07, 6.45) is 2.88. The number of hydrogen-bond donors (Lipinski definition) is 1. The number of esters is 1. The van der Waals surface area contributed by atoms with Crippen LogP contribution < -0.4 is 15.0 Å². The molecule has 0 unspecified atom stereocenters. The molecule has 0 aliphatic carbocycles. The van der Waals surface area contributed by atoms with Crippen LogP contribution in [-0.4, -0.2) is 25.6 Å². The number of carbonyl (C=O) groups excluding carboxylic acids is 2. The second-order valence-electron chi connectivity index (χ2n) is 7.93. The Bertz CT molecular complexity index is 1110. The molecule has 1 heterocycles. The molecule has 1 aliphatic heterocycles. The predicted octanol–water partition coefficient (Wildman–Crippen LogP) is 5.81. The standard InChI is InChI=1S/C27H28N2O4/c1-3-4-7-18-33-22-16-14-21(15-17-22)29-25(19-10-12-20(13-11-19)27(31)32-2)28-24-9-6-5-8-23(24)26(29)30/h5-6,8-17,25,28H,3-4,7,18H2,1-2H3/t25-/m1/s1. The third-order valence-electron chi connectivity index (χ3n) is 5.71. The van der Waals surface area contributed by atoms with E-state index in [0.717, 1.165) is 42.0 Å². The Labute approximate surface area is 194 Å². The number of fused-ring (bicyclic) bond motifs is 1. The van der Waals surface area contributed by atoms with E-state index in [1.54, 1.807) is 17.0 Å². The summed E-state index contributed by atoms with van der Waals surface area (Å²) in [5.74, 6) is 0.292. The fraction of sp³-hybridized carbons (Fsp3) is 0.259. The summed E-state index contributed by atoms with van der Waals surface area (Å²) in [5.41, 5.74) is 3.45. The number of methoxy groups -OCH3 is 1. The lowest BCUT2D eigenvalue weighted by Crippen LogP contribution is -2.43. The van der Waals surface area contributed by atoms with Crippen LogP contribution in [0.4, 0.5) is 11.4 Å². The minimum atomic E-state index is -0.435. The van der Waals surface area contributed by atoms with E-state index in [4.69, 9.17) is 9.47 Å². The zero-order valence-corrected chi connectivity index (χ0v) is 18.9. The van der Waals surface area contributed by atoms with Gasteiger partial charge in [-0.1, -0.05) is 44.0 Å². The first-order valence-corrected chi connectivity index (χ1v) is 11.2. The van der Waals surface area contributed by atoms with Gasteiger partial charge in [0.2, 0.25) is 0 Å². The lowest BCUT2D eigenvalue weighted by atomic mass is 10.0. The van der Waals surface area contributed by atoms with Crippen molar-refractivity contribution in [2.24, 2.45) is 0 Å². The maximum Gasteiger partial charge on any atom is 0.337 e. The molecule has 1 atom stereocenters. The number of unbranched alkanes of at least 4 members (excludes halogenated alkanes) is 2. The molecule has 170 valence electrons. The number of benzene rings is 3. The third kappa shape index (κ3) is 4.85. The SMILES string of the molecule is CCCCCOc1ccc(N2C(=O)c3ccccc3N[C@H]2c2ccc(C(=O)OC)cc2)cc1. The maximum atomic E-state index is 13.5. The van der Waals surface area contributed by atoms with Crippen LogP contribution in [0.25, 0.3) is 0 Å². The Kier molecular flexibility index (Phi) is 6.93. The average molecular weight is 445 g/mol. The number of anilines is 2. The molecule has 0 saturated heterocycles. The maximum absolute atomic E-state index is 13.5. The van der Waals surface area contributed by atoms with Gasteiger partial charge in [0.25, 0.3) is 5.91 Å². The van der Waals surface area contributed by atoms with Gasteiger partial charge in [-0.05, 0) is 60.5 Å². The van der Waals surface area contributed by atoms with Crippen LogP contribution in [0.1, 0.15) is 58.6 Å². The predicted molar refractivity (Wildman–Crippen MR) is 129 cm³/mol. The molecule has 1 amide bonds. The molecular formula is C27H28N2O4. The molecule has 3 aromatic rings. The summed E-state index contributed by atoms with van der Waals surface area (Å²) < 4.78 is 10.6. The monoisotopic (exact) mass is 444 g/mol. The van der Waals surface area contributed by atoms with Crippen molar-refractivity contribution in [3.63, 3.8) is 0 Å². The first-order chi connectivity index (χ1) is 16.1. The number of amides is 1. The zero-order chi connectivity index (χ0) is 23.2. The molecule has 0 aromatic heterocycles. The fourth-order valence-corrected chi connectivity index (χ4v) is 3.92. The van der Waals surface area contributed by atoms with E-state index in [0.29, 0.717) is 17.7 Å². The zero-order valence-electron chi connectivity index (χ0n) is 18.9. The second kappa shape index (κ2) is 10.2. The van der Waals surface area contributed by atoms with Crippen molar-refractivity contribution in [1.29, 1.82) is 0 Å². The molecule has 1 aliphatic rings. The van der Waals surface area contributed by atoms with Gasteiger partial charge in [0.1, 0.15) is 11.9 Å². The van der Waals surface area contributed by atoms with E-state index in [2.05, 4.69) is 12.2 Å². The molecule has 3 aromatic carbocycles. The van der Waals surface area contributed by atoms with Crippen LogP contribution in [-0.2, 0) is 4.74 Å². The first kappa shape index (κ1) is 22.4. The number of nitrogens with one attached hydrogen (secondary N) is 1. The lowest BCUT2D eigenvalue weighted by molar-refractivity contribution is 0.0600. The number of rotatable bonds is 8. The van der Waals surface area contributed by atoms with E-state index in [-0.39, 0.29) is 5.91 Å². The van der Waals surface area contributed by atoms with E-state index < -0.39 is 12.1 Å². The Morgan fingerprint density at radius 3 is 2.39 bits per heavy atom. The normalized spacial score (nSPS) is 14.9. The number of carbonyl (C=O) groups is 2. The molecule has 0 bridgehead atoms. The van der Waals surface area contributed by atoms with Gasteiger partial charge < -0.3 is 14.8 Å². The van der Waals surface area contributed by atoms with Crippen molar-refractivity contribution in [3.05, 3.63) is 89.5 Å². The van der Waals surface area contributed by atoms with Gasteiger partial charge in [-0.15, -0.1) is 0 Å². The first-order valence-electron chi connectivity index (χ1n) is 11.2. The van der Waals surface area contributed by atoms with Crippen LogP contribution in [0.3, 0.4) is 0 Å². The van der Waals surface area contributed by atoms with Gasteiger partial charge in [0.05, 0.1) is 24.8 Å². The van der Waals surface area contributed by atoms with E-state index >= 15 is 0 Å². The largest absolute Gasteiger partial charge is 0.494 e. The summed E-state index contributed by atoms with van der Waals surface area (Å²) in [5, 5.41) is 3.48. The summed E-state index contributed by atoms with van der Waals surface area (Å²) in [7, 11) is 1.35. The van der Waals surface area contributed by atoms with Gasteiger partial charge in [0, 0.05) is 11.4 Å². The number of ether oxygens (including phenoxy) is 2. The molecule has 0 radical (unpaired) electrons. The van der Waals surface area contributed by atoms with Gasteiger partial charge >= 0.3 is 5.97 Å². The Morgan fingerprint density at radius 1 is 0.970 bits per heavy atom. The van der Waals surface area contributed by atoms with Crippen molar-refractivity contribution in [2.45, 2.75) is 32.4 Å². The fourth-order valence-electron chi connectivity index (χ4n) is 3.92. The van der Waals surface area contributed by atoms with Crippen molar-refractivity contribution >= 4 is 23.3 Å². The van der Waals surface area contributed by atoms with Crippen molar-refractivity contribution in [2.75, 3.05) is 23.9 Å². The third-order valence-corrected chi connectivity index (χ3v) is 5.71. The molecule has 0 saturated carbocycles. The molecule has 1 N–H and O–H groups in total. The molecule has 0 fully saturated rings. The van der Waals surface area contributed by atoms with Gasteiger partial charge in [-0.2, -0.15) is 0 Å². The smallest absolute Gasteiger partial charge is 0.337 e. The van der Waals surface area contributed by atoms with Gasteiger partial charge in [-0.25, -0.2) is 4.79 Å². The van der Waals surface area contributed by atoms with Crippen LogP contribution >= 0.6 is 0 Å².